The number of fused-ring (bicyclic) bond motifs is 1. The van der Waals surface area contributed by atoms with Crippen molar-refractivity contribution in [3.8, 4) is 5.69 Å². The summed E-state index contributed by atoms with van der Waals surface area (Å²) in [7, 11) is 0. The first kappa shape index (κ1) is 16.1. The highest BCUT2D eigenvalue weighted by atomic mass is 16.5. The molecular weight excluding hydrogens is 302 g/mol. The van der Waals surface area contributed by atoms with Crippen LogP contribution in [0.2, 0.25) is 0 Å². The smallest absolute Gasteiger partial charge is 0.123 e. The Morgan fingerprint density at radius 3 is 2.54 bits per heavy atom. The molecular formula is C19H21N3O2. The van der Waals surface area contributed by atoms with Gasteiger partial charge in [0.25, 0.3) is 0 Å². The molecule has 0 aliphatic carbocycles. The number of benzene rings is 2. The molecule has 0 atom stereocenters. The quantitative estimate of drug-likeness (QED) is 0.548. The molecule has 1 heterocycles. The minimum atomic E-state index is 0.179. The second-order valence-electron chi connectivity index (χ2n) is 5.84. The van der Waals surface area contributed by atoms with Crippen molar-refractivity contribution in [3.05, 3.63) is 65.6 Å². The number of rotatable bonds is 6. The summed E-state index contributed by atoms with van der Waals surface area (Å²) >= 11 is 0. The Bertz CT molecular complexity index is 831. The zero-order valence-corrected chi connectivity index (χ0v) is 13.9. The number of nitrogens with zero attached hydrogens (tertiary/aromatic N) is 3. The summed E-state index contributed by atoms with van der Waals surface area (Å²) in [6, 6.07) is 14.2. The van der Waals surface area contributed by atoms with Gasteiger partial charge in [-0.25, -0.2) is 0 Å². The van der Waals surface area contributed by atoms with Crippen molar-refractivity contribution < 1.29 is 9.84 Å². The molecule has 3 rings (SSSR count). The number of allylic oxidation sites excluding steroid dienone is 1. The van der Waals surface area contributed by atoms with Gasteiger partial charge >= 0.3 is 0 Å². The highest BCUT2D eigenvalue weighted by Crippen LogP contribution is 2.19. The molecule has 0 saturated carbocycles. The summed E-state index contributed by atoms with van der Waals surface area (Å²) in [5.74, 6) is 0.179. The molecule has 0 fully saturated rings. The molecule has 3 aromatic rings. The number of ether oxygens (including phenoxy) is 1. The monoisotopic (exact) mass is 323 g/mol. The maximum Gasteiger partial charge on any atom is 0.123 e. The molecule has 0 amide bonds. The van der Waals surface area contributed by atoms with Crippen LogP contribution in [0.3, 0.4) is 0 Å². The van der Waals surface area contributed by atoms with Gasteiger partial charge in [0.05, 0.1) is 12.3 Å². The van der Waals surface area contributed by atoms with E-state index in [9.17, 15) is 0 Å². The van der Waals surface area contributed by atoms with Gasteiger partial charge in [0, 0.05) is 0 Å². The molecule has 2 aromatic carbocycles. The molecule has 124 valence electrons. The molecule has 0 radical (unpaired) electrons. The lowest BCUT2D eigenvalue weighted by atomic mass is 10.1. The summed E-state index contributed by atoms with van der Waals surface area (Å²) in [5.41, 5.74) is 5.12. The van der Waals surface area contributed by atoms with E-state index in [0.29, 0.717) is 6.61 Å². The van der Waals surface area contributed by atoms with Crippen LogP contribution in [0.4, 0.5) is 0 Å². The van der Waals surface area contributed by atoms with Crippen LogP contribution in [-0.4, -0.2) is 26.7 Å². The minimum absolute atomic E-state index is 0.179. The van der Waals surface area contributed by atoms with Gasteiger partial charge in [-0.15, -0.1) is 10.2 Å². The van der Waals surface area contributed by atoms with E-state index in [4.69, 9.17) is 9.84 Å². The summed E-state index contributed by atoms with van der Waals surface area (Å²) < 4.78 is 5.28. The van der Waals surface area contributed by atoms with Crippen molar-refractivity contribution in [1.29, 1.82) is 0 Å². The van der Waals surface area contributed by atoms with Crippen LogP contribution in [0.25, 0.3) is 16.7 Å². The van der Waals surface area contributed by atoms with Crippen molar-refractivity contribution in [2.45, 2.75) is 26.7 Å². The lowest BCUT2D eigenvalue weighted by Crippen LogP contribution is -2.05. The van der Waals surface area contributed by atoms with Gasteiger partial charge in [-0.3, -0.25) is 0 Å². The molecule has 1 N–H and O–H groups in total. The van der Waals surface area contributed by atoms with Gasteiger partial charge in [0.2, 0.25) is 0 Å². The standard InChI is InChI=1S/C19H21N3O2/c1-14-9-10-16(6-5-11-24-13-15(2)23)19(12-14)22-20-17-7-3-4-8-18(17)21-22/h3-4,7-10,12-13,23H,5-6,11H2,1-2H3. The van der Waals surface area contributed by atoms with Crippen molar-refractivity contribution in [2.24, 2.45) is 0 Å². The fourth-order valence-corrected chi connectivity index (χ4v) is 2.56. The molecule has 5 heteroatoms. The molecule has 0 aliphatic rings. The maximum atomic E-state index is 9.08. The van der Waals surface area contributed by atoms with E-state index >= 15 is 0 Å². The average molecular weight is 323 g/mol. The van der Waals surface area contributed by atoms with E-state index in [0.717, 1.165) is 29.6 Å². The topological polar surface area (TPSA) is 60.2 Å². The second kappa shape index (κ2) is 7.17. The van der Waals surface area contributed by atoms with E-state index in [-0.39, 0.29) is 5.76 Å². The normalized spacial score (nSPS) is 11.8. The Kier molecular flexibility index (Phi) is 4.79. The van der Waals surface area contributed by atoms with Crippen molar-refractivity contribution in [1.82, 2.24) is 15.0 Å². The fraction of sp³-hybridized carbons (Fsp3) is 0.263. The van der Waals surface area contributed by atoms with E-state index in [2.05, 4.69) is 35.3 Å². The Hall–Kier alpha value is -2.82. The van der Waals surface area contributed by atoms with Gasteiger partial charge in [0.15, 0.2) is 0 Å². The van der Waals surface area contributed by atoms with Gasteiger partial charge in [-0.2, -0.15) is 4.80 Å². The zero-order chi connectivity index (χ0) is 16.9. The van der Waals surface area contributed by atoms with Crippen LogP contribution in [0.1, 0.15) is 24.5 Å². The second-order valence-corrected chi connectivity index (χ2v) is 5.84. The van der Waals surface area contributed by atoms with E-state index in [1.54, 1.807) is 11.7 Å². The summed E-state index contributed by atoms with van der Waals surface area (Å²) in [5, 5.41) is 18.2. The molecule has 0 saturated heterocycles. The zero-order valence-electron chi connectivity index (χ0n) is 13.9. The SMILES string of the molecule is CC(O)=COCCCc1ccc(C)cc1-n1nc2ccccc2n1. The Labute approximate surface area is 141 Å². The minimum Gasteiger partial charge on any atom is -0.509 e. The lowest BCUT2D eigenvalue weighted by Gasteiger charge is -2.09. The highest BCUT2D eigenvalue weighted by Gasteiger charge is 2.09. The van der Waals surface area contributed by atoms with Crippen LogP contribution in [-0.2, 0) is 11.2 Å². The first-order chi connectivity index (χ1) is 11.6. The van der Waals surface area contributed by atoms with Crippen LogP contribution < -0.4 is 0 Å². The average Bonchev–Trinajstić information content (AvgIpc) is 2.99. The summed E-state index contributed by atoms with van der Waals surface area (Å²) in [6.45, 7) is 4.21. The Balaban J connectivity index is 1.81. The summed E-state index contributed by atoms with van der Waals surface area (Å²) in [6.07, 6.45) is 3.07. The number of aliphatic hydroxyl groups is 1. The molecule has 0 bridgehead atoms. The van der Waals surface area contributed by atoms with Crippen LogP contribution in [0.15, 0.2) is 54.5 Å². The maximum absolute atomic E-state index is 9.08. The molecule has 5 nitrogen and oxygen atoms in total. The van der Waals surface area contributed by atoms with Crippen LogP contribution >= 0.6 is 0 Å². The number of hydrogen-bond donors (Lipinski definition) is 1. The fourth-order valence-electron chi connectivity index (χ4n) is 2.56. The van der Waals surface area contributed by atoms with Crippen LogP contribution in [0, 0.1) is 6.92 Å². The third-order valence-electron chi connectivity index (χ3n) is 3.71. The largest absolute Gasteiger partial charge is 0.509 e. The van der Waals surface area contributed by atoms with Gasteiger partial charge in [-0.05, 0) is 56.0 Å². The molecule has 0 unspecified atom stereocenters. The Morgan fingerprint density at radius 1 is 1.17 bits per heavy atom. The van der Waals surface area contributed by atoms with E-state index in [1.807, 2.05) is 24.3 Å². The first-order valence-electron chi connectivity index (χ1n) is 8.03. The van der Waals surface area contributed by atoms with E-state index < -0.39 is 0 Å². The van der Waals surface area contributed by atoms with Gasteiger partial charge in [-0.1, -0.05) is 24.3 Å². The summed E-state index contributed by atoms with van der Waals surface area (Å²) in [4.78, 5) is 1.71. The third kappa shape index (κ3) is 3.74. The van der Waals surface area contributed by atoms with Crippen molar-refractivity contribution in [3.63, 3.8) is 0 Å². The predicted octanol–water partition coefficient (Wildman–Crippen LogP) is 4.10. The number of hydrogen-bond acceptors (Lipinski definition) is 4. The third-order valence-corrected chi connectivity index (χ3v) is 3.71. The Morgan fingerprint density at radius 2 is 1.88 bits per heavy atom. The number of aliphatic hydroxyl groups excluding tert-OH is 1. The van der Waals surface area contributed by atoms with Gasteiger partial charge < -0.3 is 9.84 Å². The molecule has 0 aliphatic heterocycles. The number of aryl methyl sites for hydroxylation is 2. The molecule has 24 heavy (non-hydrogen) atoms. The van der Waals surface area contributed by atoms with Gasteiger partial charge in [0.1, 0.15) is 23.1 Å². The van der Waals surface area contributed by atoms with Crippen molar-refractivity contribution >= 4 is 11.0 Å². The molecule has 1 aromatic heterocycles. The van der Waals surface area contributed by atoms with E-state index in [1.165, 1.54) is 17.4 Å². The number of aromatic nitrogens is 3. The molecule has 0 spiro atoms. The van der Waals surface area contributed by atoms with Crippen LogP contribution in [0.5, 0.6) is 0 Å². The predicted molar refractivity (Wildman–Crippen MR) is 94.3 cm³/mol. The lowest BCUT2D eigenvalue weighted by molar-refractivity contribution is 0.225. The highest BCUT2D eigenvalue weighted by molar-refractivity contribution is 5.73. The van der Waals surface area contributed by atoms with Crippen molar-refractivity contribution in [2.75, 3.05) is 6.61 Å². The first-order valence-corrected chi connectivity index (χ1v) is 8.03.